The highest BCUT2D eigenvalue weighted by Gasteiger charge is 2.30. The van der Waals surface area contributed by atoms with Gasteiger partial charge in [0.1, 0.15) is 0 Å². The molecule has 0 saturated heterocycles. The molecule has 0 aliphatic carbocycles. The van der Waals surface area contributed by atoms with Gasteiger partial charge in [-0.3, -0.25) is 9.59 Å². The summed E-state index contributed by atoms with van der Waals surface area (Å²) in [4.78, 5) is 48.9. The third kappa shape index (κ3) is 14.2. The number of nitrogens with zero attached hydrogens (tertiary/aromatic N) is 1. The number of halogens is 6. The molecule has 0 fully saturated rings. The molecule has 58 heavy (non-hydrogen) atoms. The summed E-state index contributed by atoms with van der Waals surface area (Å²) in [6, 6.07) is 38.7. The fourth-order valence-corrected chi connectivity index (χ4v) is 4.60. The summed E-state index contributed by atoms with van der Waals surface area (Å²) in [7, 11) is 0. The molecule has 16 heteroatoms. The summed E-state index contributed by atoms with van der Waals surface area (Å²) < 4.78 is 73.7. The van der Waals surface area contributed by atoms with Crippen molar-refractivity contribution >= 4 is 58.0 Å². The number of nitrogen functional groups attached to an aromatic ring is 1. The Morgan fingerprint density at radius 2 is 0.810 bits per heavy atom. The van der Waals surface area contributed by atoms with Crippen LogP contribution in [0.5, 0.6) is 0 Å². The Hall–Kier alpha value is -7.71. The molecule has 0 atom stereocenters. The quantitative estimate of drug-likeness (QED) is 0.0471. The van der Waals surface area contributed by atoms with Gasteiger partial charge in [0.05, 0.1) is 16.8 Å². The van der Waals surface area contributed by atoms with E-state index in [4.69, 9.17) is 5.73 Å². The fraction of sp³-hybridized carbons (Fsp3) is 0.0476. The molecule has 6 aromatic rings. The van der Waals surface area contributed by atoms with Crippen LogP contribution in [-0.4, -0.2) is 23.9 Å². The number of aliphatic imine (C=N–C) groups is 1. The summed E-state index contributed by atoms with van der Waals surface area (Å²) in [6.07, 6.45) is -7.56. The molecule has 0 radical (unpaired) electrons. The van der Waals surface area contributed by atoms with Crippen molar-refractivity contribution in [1.82, 2.24) is 0 Å². The van der Waals surface area contributed by atoms with Crippen molar-refractivity contribution in [3.63, 3.8) is 0 Å². The molecule has 6 N–H and O–H groups in total. The number of rotatable bonds is 7. The maximum atomic E-state index is 12.6. The van der Waals surface area contributed by atoms with E-state index in [0.29, 0.717) is 28.2 Å². The molecule has 0 bridgehead atoms. The molecule has 0 aromatic heterocycles. The molecule has 10 nitrogen and oxygen atoms in total. The second-order valence-corrected chi connectivity index (χ2v) is 11.7. The summed E-state index contributed by atoms with van der Waals surface area (Å²) in [5, 5.41) is 10.5. The SMILES string of the molecule is Nc1ccc(C(=O)Nc2ccccc2)cc1.O=C(Nc1ccc(C(=O)Nc2ccccc2)cc1)Nc1ccc(C(F)(F)F)cc1.O=C=Nc1ccc(C(F)(F)F)cc1. The van der Waals surface area contributed by atoms with Gasteiger partial charge in [0, 0.05) is 39.6 Å². The Bertz CT molecular complexity index is 2300. The highest BCUT2D eigenvalue weighted by Crippen LogP contribution is 2.31. The van der Waals surface area contributed by atoms with Crippen LogP contribution in [0.3, 0.4) is 0 Å². The number of hydrogen-bond donors (Lipinski definition) is 5. The third-order valence-corrected chi connectivity index (χ3v) is 7.48. The Morgan fingerprint density at radius 3 is 1.19 bits per heavy atom. The average Bonchev–Trinajstić information content (AvgIpc) is 3.19. The van der Waals surface area contributed by atoms with Gasteiger partial charge >= 0.3 is 18.4 Å². The lowest BCUT2D eigenvalue weighted by Gasteiger charge is -2.10. The highest BCUT2D eigenvalue weighted by molar-refractivity contribution is 6.05. The first-order chi connectivity index (χ1) is 27.6. The van der Waals surface area contributed by atoms with Crippen LogP contribution in [0.2, 0.25) is 0 Å². The second kappa shape index (κ2) is 20.3. The minimum atomic E-state index is -4.44. The molecule has 4 amide bonds. The lowest BCUT2D eigenvalue weighted by atomic mass is 10.2. The first kappa shape index (κ1) is 43.0. The van der Waals surface area contributed by atoms with Crippen LogP contribution in [0.15, 0.2) is 163 Å². The summed E-state index contributed by atoms with van der Waals surface area (Å²) in [6.45, 7) is 0. The van der Waals surface area contributed by atoms with Crippen molar-refractivity contribution in [2.75, 3.05) is 27.0 Å². The lowest BCUT2D eigenvalue weighted by molar-refractivity contribution is -0.138. The molecule has 6 rings (SSSR count). The van der Waals surface area contributed by atoms with Crippen molar-refractivity contribution in [2.24, 2.45) is 4.99 Å². The summed E-state index contributed by atoms with van der Waals surface area (Å²) >= 11 is 0. The first-order valence-electron chi connectivity index (χ1n) is 16.8. The van der Waals surface area contributed by atoms with Gasteiger partial charge in [0.2, 0.25) is 6.08 Å². The normalized spacial score (nSPS) is 10.5. The zero-order valence-corrected chi connectivity index (χ0v) is 29.9. The van der Waals surface area contributed by atoms with E-state index in [9.17, 15) is 45.5 Å². The number of hydrogen-bond acceptors (Lipinski definition) is 6. The molecule has 0 saturated carbocycles. The summed E-state index contributed by atoms with van der Waals surface area (Å²) in [5.74, 6) is -0.428. The Morgan fingerprint density at radius 1 is 0.466 bits per heavy atom. The number of amides is 4. The number of nitrogens with one attached hydrogen (secondary N) is 4. The first-order valence-corrected chi connectivity index (χ1v) is 16.8. The number of anilines is 5. The zero-order valence-electron chi connectivity index (χ0n) is 29.9. The van der Waals surface area contributed by atoms with Crippen LogP contribution in [0.4, 0.5) is 65.3 Å². The molecule has 0 heterocycles. The van der Waals surface area contributed by atoms with Gasteiger partial charge in [-0.25, -0.2) is 9.59 Å². The third-order valence-electron chi connectivity index (χ3n) is 7.48. The van der Waals surface area contributed by atoms with E-state index < -0.39 is 29.5 Å². The van der Waals surface area contributed by atoms with Crippen LogP contribution < -0.4 is 27.0 Å². The zero-order chi connectivity index (χ0) is 42.1. The largest absolute Gasteiger partial charge is 0.416 e. The molecule has 0 aliphatic rings. The number of alkyl halides is 6. The molecule has 0 aliphatic heterocycles. The van der Waals surface area contributed by atoms with E-state index in [2.05, 4.69) is 26.3 Å². The molecular formula is C42H32F6N6O4. The topological polar surface area (TPSA) is 155 Å². The van der Waals surface area contributed by atoms with Crippen LogP contribution in [-0.2, 0) is 17.1 Å². The number of benzene rings is 6. The summed E-state index contributed by atoms with van der Waals surface area (Å²) in [5.41, 5.74) is 7.87. The van der Waals surface area contributed by atoms with Crippen LogP contribution >= 0.6 is 0 Å². The van der Waals surface area contributed by atoms with E-state index >= 15 is 0 Å². The van der Waals surface area contributed by atoms with Gasteiger partial charge in [0.15, 0.2) is 0 Å². The number of urea groups is 1. The maximum absolute atomic E-state index is 12.6. The number of isocyanates is 1. The van der Waals surface area contributed by atoms with Gasteiger partial charge in [0.25, 0.3) is 11.8 Å². The van der Waals surface area contributed by atoms with Crippen molar-refractivity contribution in [3.05, 3.63) is 180 Å². The van der Waals surface area contributed by atoms with Crippen molar-refractivity contribution in [1.29, 1.82) is 0 Å². The monoisotopic (exact) mass is 798 g/mol. The molecule has 0 spiro atoms. The number of nitrogens with two attached hydrogens (primary N) is 1. The predicted molar refractivity (Wildman–Crippen MR) is 209 cm³/mol. The fourth-order valence-electron chi connectivity index (χ4n) is 4.60. The van der Waals surface area contributed by atoms with Gasteiger partial charge in [-0.1, -0.05) is 36.4 Å². The van der Waals surface area contributed by atoms with E-state index in [1.165, 1.54) is 18.2 Å². The van der Waals surface area contributed by atoms with Gasteiger partial charge in [-0.2, -0.15) is 31.3 Å². The lowest BCUT2D eigenvalue weighted by Crippen LogP contribution is -2.19. The van der Waals surface area contributed by atoms with Crippen LogP contribution in [0, 0.1) is 0 Å². The van der Waals surface area contributed by atoms with E-state index in [1.54, 1.807) is 72.8 Å². The van der Waals surface area contributed by atoms with Gasteiger partial charge in [-0.05, 0) is 121 Å². The molecular weight excluding hydrogens is 766 g/mol. The molecule has 6 aromatic carbocycles. The van der Waals surface area contributed by atoms with Gasteiger partial charge < -0.3 is 27.0 Å². The van der Waals surface area contributed by atoms with Crippen molar-refractivity contribution < 1.29 is 45.5 Å². The molecule has 0 unspecified atom stereocenters. The number of carbonyl (C=O) groups is 3. The average molecular weight is 799 g/mol. The smallest absolute Gasteiger partial charge is 0.399 e. The minimum absolute atomic E-state index is 0.133. The Kier molecular flexibility index (Phi) is 15.0. The van der Waals surface area contributed by atoms with Gasteiger partial charge in [-0.15, -0.1) is 0 Å². The van der Waals surface area contributed by atoms with Crippen LogP contribution in [0.25, 0.3) is 0 Å². The highest BCUT2D eigenvalue weighted by atomic mass is 19.4. The van der Waals surface area contributed by atoms with Crippen LogP contribution in [0.1, 0.15) is 31.8 Å². The van der Waals surface area contributed by atoms with E-state index in [1.807, 2.05) is 36.4 Å². The van der Waals surface area contributed by atoms with Crippen molar-refractivity contribution in [3.8, 4) is 0 Å². The minimum Gasteiger partial charge on any atom is -0.399 e. The standard InChI is InChI=1S/C21H16F3N3O2.C13H12N2O.C8H4F3NO/c22-21(23,24)15-8-12-18(13-9-15)27-20(29)26-17-10-6-14(7-11-17)19(28)25-16-4-2-1-3-5-16;14-11-8-6-10(7-9-11)13(16)15-12-4-2-1-3-5-12;9-8(10,11)6-1-3-7(4-2-6)12-5-13/h1-13H,(H,25,28)(H2,26,27,29);1-9H,14H2,(H,15,16);1-4H. The second-order valence-electron chi connectivity index (χ2n) is 11.7. The number of carbonyl (C=O) groups excluding carboxylic acids is 4. The Labute approximate surface area is 327 Å². The van der Waals surface area contributed by atoms with Crippen molar-refractivity contribution in [2.45, 2.75) is 12.4 Å². The Balaban J connectivity index is 0.000000215. The maximum Gasteiger partial charge on any atom is 0.416 e. The molecule has 296 valence electrons. The van der Waals surface area contributed by atoms with E-state index in [0.717, 1.165) is 42.1 Å². The predicted octanol–water partition coefficient (Wildman–Crippen LogP) is 10.8. The van der Waals surface area contributed by atoms with E-state index in [-0.39, 0.29) is 23.2 Å². The number of para-hydroxylation sites is 2.